The minimum Gasteiger partial charge on any atom is -0.508 e. The molecule has 0 aromatic heterocycles. The predicted octanol–water partition coefficient (Wildman–Crippen LogP) is 3.98. The molecule has 3 N–H and O–H groups in total. The van der Waals surface area contributed by atoms with Crippen LogP contribution in [0.2, 0.25) is 5.02 Å². The van der Waals surface area contributed by atoms with Crippen LogP contribution in [0.15, 0.2) is 42.5 Å². The highest BCUT2D eigenvalue weighted by Gasteiger charge is 2.32. The Kier molecular flexibility index (Phi) is 8.32. The summed E-state index contributed by atoms with van der Waals surface area (Å²) in [6.45, 7) is 6.33. The Balaban J connectivity index is 2.32. The zero-order valence-electron chi connectivity index (χ0n) is 18.8. The number of carbonyl (C=O) groups excluding carboxylic acids is 3. The zero-order valence-corrected chi connectivity index (χ0v) is 19.6. The van der Waals surface area contributed by atoms with E-state index in [1.54, 1.807) is 45.9 Å². The molecule has 0 bridgehead atoms. The summed E-state index contributed by atoms with van der Waals surface area (Å²) < 4.78 is 5.12. The number of benzene rings is 2. The van der Waals surface area contributed by atoms with Crippen molar-refractivity contribution in [1.82, 2.24) is 10.2 Å². The zero-order chi connectivity index (χ0) is 24.8. The Morgan fingerprint density at radius 1 is 1.18 bits per heavy atom. The van der Waals surface area contributed by atoms with Crippen LogP contribution < -0.4 is 10.6 Å². The summed E-state index contributed by atoms with van der Waals surface area (Å²) in [6, 6.07) is 11.8. The molecular weight excluding hydrogens is 446 g/mol. The van der Waals surface area contributed by atoms with Crippen molar-refractivity contribution in [2.75, 3.05) is 11.9 Å². The first kappa shape index (κ1) is 25.6. The molecule has 8 nitrogen and oxygen atoms in total. The van der Waals surface area contributed by atoms with Crippen LogP contribution in [0.3, 0.4) is 0 Å². The maximum Gasteiger partial charge on any atom is 0.408 e. The molecule has 1 atom stereocenters. The number of carbonyl (C=O) groups is 3. The molecule has 0 saturated carbocycles. The van der Waals surface area contributed by atoms with Crippen molar-refractivity contribution in [3.63, 3.8) is 0 Å². The summed E-state index contributed by atoms with van der Waals surface area (Å²) in [5.41, 5.74) is 0.688. The summed E-state index contributed by atoms with van der Waals surface area (Å²) in [7, 11) is 0. The summed E-state index contributed by atoms with van der Waals surface area (Å²) in [4.78, 5) is 39.0. The average molecular weight is 472 g/mol. The maximum atomic E-state index is 13.3. The van der Waals surface area contributed by atoms with Crippen LogP contribution in [0.25, 0.3) is 0 Å². The molecule has 9 heteroatoms. The van der Waals surface area contributed by atoms with E-state index in [4.69, 9.17) is 22.8 Å². The number of phenolic OH excluding ortho intramolecular Hbond substituents is 1. The monoisotopic (exact) mass is 471 g/mol. The summed E-state index contributed by atoms with van der Waals surface area (Å²) in [5, 5.41) is 15.0. The first-order valence-corrected chi connectivity index (χ1v) is 10.4. The van der Waals surface area contributed by atoms with Gasteiger partial charge >= 0.3 is 6.09 Å². The van der Waals surface area contributed by atoms with E-state index in [1.165, 1.54) is 24.3 Å². The van der Waals surface area contributed by atoms with Crippen molar-refractivity contribution >= 4 is 35.2 Å². The standard InChI is InChI=1S/C24H26ClN3O5/c1-6-28(19(30)14-26-23(32)33-24(3,4)5)21(16-10-12-17(29)13-11-16)22(31)27-20-15(2)8-7-9-18(20)25/h1,7-13,21,29H,14H2,2-5H3,(H,26,32)(H,27,31). The summed E-state index contributed by atoms with van der Waals surface area (Å²) in [6.07, 6.45) is 4.80. The molecule has 0 heterocycles. The molecule has 0 saturated heterocycles. The van der Waals surface area contributed by atoms with Gasteiger partial charge in [-0.05, 0) is 57.0 Å². The second-order valence-corrected chi connectivity index (χ2v) is 8.57. The third kappa shape index (κ3) is 7.16. The number of amides is 3. The average Bonchev–Trinajstić information content (AvgIpc) is 2.72. The fourth-order valence-corrected chi connectivity index (χ4v) is 3.16. The molecule has 1 unspecified atom stereocenters. The Morgan fingerprint density at radius 2 is 1.82 bits per heavy atom. The topological polar surface area (TPSA) is 108 Å². The van der Waals surface area contributed by atoms with Gasteiger partial charge in [0.05, 0.1) is 10.7 Å². The van der Waals surface area contributed by atoms with Crippen molar-refractivity contribution in [1.29, 1.82) is 0 Å². The van der Waals surface area contributed by atoms with Gasteiger partial charge in [0, 0.05) is 6.04 Å². The number of terminal acetylenes is 1. The van der Waals surface area contributed by atoms with Crippen LogP contribution in [0, 0.1) is 19.4 Å². The lowest BCUT2D eigenvalue weighted by Crippen LogP contribution is -2.44. The molecule has 2 aromatic rings. The molecule has 3 amide bonds. The van der Waals surface area contributed by atoms with Crippen molar-refractivity contribution in [2.45, 2.75) is 39.3 Å². The molecule has 2 rings (SSSR count). The van der Waals surface area contributed by atoms with Gasteiger partial charge in [0.25, 0.3) is 11.8 Å². The number of nitrogens with one attached hydrogen (secondary N) is 2. The highest BCUT2D eigenvalue weighted by Crippen LogP contribution is 2.29. The molecule has 174 valence electrons. The normalized spacial score (nSPS) is 11.6. The minimum atomic E-state index is -1.26. The Hall–Kier alpha value is -3.70. The van der Waals surface area contributed by atoms with E-state index in [2.05, 4.69) is 16.7 Å². The van der Waals surface area contributed by atoms with E-state index in [0.29, 0.717) is 21.8 Å². The highest BCUT2D eigenvalue weighted by molar-refractivity contribution is 6.34. The molecule has 2 aromatic carbocycles. The number of hydrogen-bond acceptors (Lipinski definition) is 5. The Bertz CT molecular complexity index is 1050. The number of aromatic hydroxyl groups is 1. The molecular formula is C24H26ClN3O5. The van der Waals surface area contributed by atoms with Gasteiger partial charge in [0.2, 0.25) is 0 Å². The molecule has 0 aliphatic rings. The van der Waals surface area contributed by atoms with Gasteiger partial charge in [0.1, 0.15) is 23.9 Å². The summed E-state index contributed by atoms with van der Waals surface area (Å²) in [5.74, 6) is -1.36. The Labute approximate surface area is 197 Å². The van der Waals surface area contributed by atoms with Crippen LogP contribution in [-0.2, 0) is 14.3 Å². The van der Waals surface area contributed by atoms with Gasteiger partial charge in [-0.3, -0.25) is 14.5 Å². The number of nitrogens with zero attached hydrogens (tertiary/aromatic N) is 1. The van der Waals surface area contributed by atoms with E-state index in [9.17, 15) is 19.5 Å². The molecule has 0 fully saturated rings. The number of rotatable bonds is 6. The quantitative estimate of drug-likeness (QED) is 0.436. The van der Waals surface area contributed by atoms with Gasteiger partial charge in [-0.15, -0.1) is 0 Å². The van der Waals surface area contributed by atoms with E-state index < -0.39 is 36.1 Å². The lowest BCUT2D eigenvalue weighted by molar-refractivity contribution is -0.134. The van der Waals surface area contributed by atoms with Gasteiger partial charge in [-0.2, -0.15) is 0 Å². The van der Waals surface area contributed by atoms with Crippen LogP contribution in [-0.4, -0.2) is 40.1 Å². The summed E-state index contributed by atoms with van der Waals surface area (Å²) >= 11 is 6.23. The van der Waals surface area contributed by atoms with Crippen LogP contribution in [0.1, 0.15) is 37.9 Å². The van der Waals surface area contributed by atoms with Gasteiger partial charge in [-0.25, -0.2) is 4.79 Å². The number of aryl methyl sites for hydroxylation is 1. The lowest BCUT2D eigenvalue weighted by atomic mass is 10.0. The van der Waals surface area contributed by atoms with Crippen molar-refractivity contribution in [3.05, 3.63) is 58.6 Å². The molecule has 0 spiro atoms. The van der Waals surface area contributed by atoms with E-state index >= 15 is 0 Å². The largest absolute Gasteiger partial charge is 0.508 e. The molecule has 0 aliphatic carbocycles. The second-order valence-electron chi connectivity index (χ2n) is 8.16. The third-order valence-corrected chi connectivity index (χ3v) is 4.69. The minimum absolute atomic E-state index is 0.0231. The van der Waals surface area contributed by atoms with Crippen molar-refractivity contribution < 1.29 is 24.2 Å². The lowest BCUT2D eigenvalue weighted by Gasteiger charge is -2.27. The number of phenols is 1. The number of alkyl carbamates (subject to hydrolysis) is 1. The van der Waals surface area contributed by atoms with Crippen molar-refractivity contribution in [2.24, 2.45) is 0 Å². The molecule has 33 heavy (non-hydrogen) atoms. The first-order chi connectivity index (χ1) is 15.4. The second kappa shape index (κ2) is 10.7. The van der Waals surface area contributed by atoms with Gasteiger partial charge in [0.15, 0.2) is 0 Å². The first-order valence-electron chi connectivity index (χ1n) is 10.0. The van der Waals surface area contributed by atoms with E-state index in [1.807, 2.05) is 0 Å². The predicted molar refractivity (Wildman–Crippen MR) is 126 cm³/mol. The number of hydrogen-bond donors (Lipinski definition) is 3. The number of halogens is 1. The fourth-order valence-electron chi connectivity index (χ4n) is 2.89. The number of ether oxygens (including phenoxy) is 1. The van der Waals surface area contributed by atoms with Gasteiger partial charge < -0.3 is 20.5 Å². The smallest absolute Gasteiger partial charge is 0.408 e. The van der Waals surface area contributed by atoms with Crippen LogP contribution in [0.4, 0.5) is 10.5 Å². The van der Waals surface area contributed by atoms with Gasteiger partial charge in [-0.1, -0.05) is 42.3 Å². The maximum absolute atomic E-state index is 13.3. The van der Waals surface area contributed by atoms with E-state index in [-0.39, 0.29) is 5.75 Å². The highest BCUT2D eigenvalue weighted by atomic mass is 35.5. The third-order valence-electron chi connectivity index (χ3n) is 4.38. The Morgan fingerprint density at radius 3 is 2.36 bits per heavy atom. The number of anilines is 1. The van der Waals surface area contributed by atoms with Crippen molar-refractivity contribution in [3.8, 4) is 18.2 Å². The van der Waals surface area contributed by atoms with Crippen LogP contribution >= 0.6 is 11.6 Å². The van der Waals surface area contributed by atoms with E-state index in [0.717, 1.165) is 4.90 Å². The number of para-hydroxylation sites is 1. The fraction of sp³-hybridized carbons (Fsp3) is 0.292. The molecule has 0 aliphatic heterocycles. The molecule has 0 radical (unpaired) electrons. The van der Waals surface area contributed by atoms with Crippen LogP contribution in [0.5, 0.6) is 5.75 Å². The SMILES string of the molecule is C#CN(C(=O)CNC(=O)OC(C)(C)C)C(C(=O)Nc1c(C)cccc1Cl)c1ccc(O)cc1.